The minimum atomic E-state index is -0.534. The van der Waals surface area contributed by atoms with Crippen molar-refractivity contribution in [3.05, 3.63) is 29.1 Å². The first kappa shape index (κ1) is 13.0. The summed E-state index contributed by atoms with van der Waals surface area (Å²) in [6.07, 6.45) is 0.309. The highest BCUT2D eigenvalue weighted by molar-refractivity contribution is 5.97. The number of likely N-dealkylation sites (tertiary alicyclic amines) is 1. The topological polar surface area (TPSA) is 60.8 Å². The number of aliphatic hydroxyl groups is 1. The molecule has 1 saturated heterocycles. The van der Waals surface area contributed by atoms with Gasteiger partial charge in [-0.05, 0) is 25.5 Å². The second kappa shape index (κ2) is 5.04. The van der Waals surface area contributed by atoms with E-state index in [2.05, 4.69) is 0 Å². The predicted molar refractivity (Wildman–Crippen MR) is 64.0 cm³/mol. The maximum atomic E-state index is 13.4. The Balaban J connectivity index is 2.24. The fourth-order valence-corrected chi connectivity index (χ4v) is 2.24. The molecule has 1 aliphatic rings. The average Bonchev–Trinajstić information content (AvgIpc) is 2.68. The van der Waals surface area contributed by atoms with Crippen LogP contribution in [0, 0.1) is 5.82 Å². The van der Waals surface area contributed by atoms with Gasteiger partial charge in [-0.25, -0.2) is 4.39 Å². The zero-order chi connectivity index (χ0) is 13.3. The number of rotatable bonds is 3. The van der Waals surface area contributed by atoms with Crippen molar-refractivity contribution in [2.75, 3.05) is 13.1 Å². The van der Waals surface area contributed by atoms with Crippen LogP contribution in [0.3, 0.4) is 0 Å². The smallest absolute Gasteiger partial charge is 0.163 e. The molecule has 1 aromatic carbocycles. The molecular formula is C13H16FNO3. The summed E-state index contributed by atoms with van der Waals surface area (Å²) in [6, 6.07) is 2.27. The number of nitrogens with zero attached hydrogens (tertiary/aromatic N) is 1. The Labute approximate surface area is 105 Å². The van der Waals surface area contributed by atoms with Crippen molar-refractivity contribution in [3.63, 3.8) is 0 Å². The highest BCUT2D eigenvalue weighted by atomic mass is 19.1. The van der Waals surface area contributed by atoms with Gasteiger partial charge < -0.3 is 10.2 Å². The largest absolute Gasteiger partial charge is 0.507 e. The van der Waals surface area contributed by atoms with Gasteiger partial charge in [0.25, 0.3) is 0 Å². The molecule has 5 heteroatoms. The van der Waals surface area contributed by atoms with Crippen molar-refractivity contribution in [1.82, 2.24) is 4.90 Å². The molecule has 1 unspecified atom stereocenters. The van der Waals surface area contributed by atoms with Gasteiger partial charge in [0, 0.05) is 25.2 Å². The van der Waals surface area contributed by atoms with E-state index < -0.39 is 5.82 Å². The van der Waals surface area contributed by atoms with Crippen molar-refractivity contribution >= 4 is 5.78 Å². The molecule has 98 valence electrons. The van der Waals surface area contributed by atoms with Crippen molar-refractivity contribution in [1.29, 1.82) is 0 Å². The first-order valence-electron chi connectivity index (χ1n) is 5.90. The number of carbonyl (C=O) groups is 1. The molecule has 1 aromatic rings. The second-order valence-electron chi connectivity index (χ2n) is 4.69. The fourth-order valence-electron chi connectivity index (χ4n) is 2.24. The van der Waals surface area contributed by atoms with E-state index in [0.717, 1.165) is 6.07 Å². The lowest BCUT2D eigenvalue weighted by Gasteiger charge is -2.16. The van der Waals surface area contributed by atoms with Crippen LogP contribution in [0.2, 0.25) is 0 Å². The molecule has 1 heterocycles. The van der Waals surface area contributed by atoms with Crippen LogP contribution in [0.4, 0.5) is 4.39 Å². The first-order chi connectivity index (χ1) is 8.47. The Kier molecular flexibility index (Phi) is 3.63. The molecule has 0 radical (unpaired) electrons. The number of β-amino-alcohol motifs (C(OH)–C–C–N with tert-alkyl or cyclic N) is 1. The van der Waals surface area contributed by atoms with Crippen LogP contribution in [-0.2, 0) is 6.54 Å². The number of carbonyl (C=O) groups excluding carboxylic acids is 1. The van der Waals surface area contributed by atoms with Gasteiger partial charge in [-0.15, -0.1) is 0 Å². The van der Waals surface area contributed by atoms with Gasteiger partial charge in [-0.1, -0.05) is 0 Å². The van der Waals surface area contributed by atoms with E-state index in [1.54, 1.807) is 0 Å². The molecule has 2 N–H and O–H groups in total. The van der Waals surface area contributed by atoms with E-state index in [9.17, 15) is 19.4 Å². The van der Waals surface area contributed by atoms with Gasteiger partial charge in [0.1, 0.15) is 11.6 Å². The van der Waals surface area contributed by atoms with Crippen LogP contribution in [-0.4, -0.2) is 40.1 Å². The van der Waals surface area contributed by atoms with E-state index in [0.29, 0.717) is 31.6 Å². The minimum Gasteiger partial charge on any atom is -0.507 e. The highest BCUT2D eigenvalue weighted by Crippen LogP contribution is 2.27. The van der Waals surface area contributed by atoms with E-state index in [-0.39, 0.29) is 23.2 Å². The zero-order valence-corrected chi connectivity index (χ0v) is 10.2. The SMILES string of the molecule is CC(=O)c1cc(F)cc(CN2CCC(O)C2)c1O. The summed E-state index contributed by atoms with van der Waals surface area (Å²) in [4.78, 5) is 13.2. The molecule has 18 heavy (non-hydrogen) atoms. The zero-order valence-electron chi connectivity index (χ0n) is 10.2. The van der Waals surface area contributed by atoms with Crippen molar-refractivity contribution in [2.24, 2.45) is 0 Å². The Morgan fingerprint density at radius 3 is 2.83 bits per heavy atom. The molecule has 1 atom stereocenters. The van der Waals surface area contributed by atoms with Crippen LogP contribution < -0.4 is 0 Å². The number of aliphatic hydroxyl groups excluding tert-OH is 1. The average molecular weight is 253 g/mol. The molecule has 0 amide bonds. The quantitative estimate of drug-likeness (QED) is 0.797. The molecule has 1 fully saturated rings. The highest BCUT2D eigenvalue weighted by Gasteiger charge is 2.22. The molecule has 2 rings (SSSR count). The Hall–Kier alpha value is -1.46. The van der Waals surface area contributed by atoms with Gasteiger partial charge >= 0.3 is 0 Å². The Morgan fingerprint density at radius 2 is 2.28 bits per heavy atom. The third-order valence-corrected chi connectivity index (χ3v) is 3.17. The van der Waals surface area contributed by atoms with Gasteiger partial charge in [0.15, 0.2) is 5.78 Å². The standard InChI is InChI=1S/C13H16FNO3/c1-8(16)12-5-10(14)4-9(13(12)18)6-15-3-2-11(17)7-15/h4-5,11,17-18H,2-3,6-7H2,1H3. The summed E-state index contributed by atoms with van der Waals surface area (Å²) in [5.74, 6) is -1.06. The van der Waals surface area contributed by atoms with Gasteiger partial charge in [-0.3, -0.25) is 9.69 Å². The molecule has 0 bridgehead atoms. The summed E-state index contributed by atoms with van der Waals surface area (Å²) >= 11 is 0. The lowest BCUT2D eigenvalue weighted by Crippen LogP contribution is -2.21. The van der Waals surface area contributed by atoms with Crippen LogP contribution in [0.5, 0.6) is 5.75 Å². The predicted octanol–water partition coefficient (Wildman–Crippen LogP) is 1.30. The monoisotopic (exact) mass is 253 g/mol. The Morgan fingerprint density at radius 1 is 1.56 bits per heavy atom. The number of halogens is 1. The summed E-state index contributed by atoms with van der Waals surface area (Å²) < 4.78 is 13.4. The number of benzene rings is 1. The molecule has 0 saturated carbocycles. The van der Waals surface area contributed by atoms with Crippen LogP contribution >= 0.6 is 0 Å². The lowest BCUT2D eigenvalue weighted by molar-refractivity contribution is 0.101. The van der Waals surface area contributed by atoms with Gasteiger partial charge in [0.2, 0.25) is 0 Å². The molecular weight excluding hydrogens is 237 g/mol. The molecule has 0 spiro atoms. The third-order valence-electron chi connectivity index (χ3n) is 3.17. The molecule has 4 nitrogen and oxygen atoms in total. The van der Waals surface area contributed by atoms with E-state index in [4.69, 9.17) is 0 Å². The van der Waals surface area contributed by atoms with Crippen molar-refractivity contribution in [3.8, 4) is 5.75 Å². The number of phenols is 1. The lowest BCUT2D eigenvalue weighted by atomic mass is 10.1. The van der Waals surface area contributed by atoms with Gasteiger partial charge in [-0.2, -0.15) is 0 Å². The van der Waals surface area contributed by atoms with Gasteiger partial charge in [0.05, 0.1) is 11.7 Å². The number of Topliss-reactive ketones (excluding diaryl/α,β-unsaturated/α-hetero) is 1. The number of aromatic hydroxyl groups is 1. The van der Waals surface area contributed by atoms with Crippen molar-refractivity contribution < 1.29 is 19.4 Å². The molecule has 0 aliphatic carbocycles. The summed E-state index contributed by atoms with van der Waals surface area (Å²) in [5.41, 5.74) is 0.388. The van der Waals surface area contributed by atoms with Crippen molar-refractivity contribution in [2.45, 2.75) is 26.0 Å². The molecule has 0 aromatic heterocycles. The number of ketones is 1. The van der Waals surface area contributed by atoms with Crippen LogP contribution in [0.1, 0.15) is 29.3 Å². The normalized spacial score (nSPS) is 20.3. The number of hydrogen-bond donors (Lipinski definition) is 2. The number of hydrogen-bond acceptors (Lipinski definition) is 4. The maximum Gasteiger partial charge on any atom is 0.163 e. The minimum absolute atomic E-state index is 0.00439. The van der Waals surface area contributed by atoms with Crippen LogP contribution in [0.15, 0.2) is 12.1 Å². The third kappa shape index (κ3) is 2.68. The summed E-state index contributed by atoms with van der Waals surface area (Å²) in [7, 11) is 0. The fraction of sp³-hybridized carbons (Fsp3) is 0.462. The number of phenolic OH excluding ortho intramolecular Hbond substituents is 1. The summed E-state index contributed by atoms with van der Waals surface area (Å²) in [5, 5.41) is 19.3. The molecule has 1 aliphatic heterocycles. The summed E-state index contributed by atoms with van der Waals surface area (Å²) in [6.45, 7) is 2.83. The van der Waals surface area contributed by atoms with Crippen LogP contribution in [0.25, 0.3) is 0 Å². The first-order valence-corrected chi connectivity index (χ1v) is 5.90. The maximum absolute atomic E-state index is 13.4. The second-order valence-corrected chi connectivity index (χ2v) is 4.69. The van der Waals surface area contributed by atoms with E-state index >= 15 is 0 Å². The van der Waals surface area contributed by atoms with E-state index in [1.165, 1.54) is 13.0 Å². The van der Waals surface area contributed by atoms with E-state index in [1.807, 2.05) is 4.90 Å². The Bertz CT molecular complexity index is 476.